The van der Waals surface area contributed by atoms with Crippen LogP contribution < -0.4 is 0 Å². The van der Waals surface area contributed by atoms with Gasteiger partial charge in [-0.1, -0.05) is 30.3 Å². The lowest BCUT2D eigenvalue weighted by Gasteiger charge is -2.03. The van der Waals surface area contributed by atoms with Crippen molar-refractivity contribution in [1.82, 2.24) is 0 Å². The maximum absolute atomic E-state index is 11.9. The first-order valence-electron chi connectivity index (χ1n) is 7.82. The quantitative estimate of drug-likeness (QED) is 0.317. The van der Waals surface area contributed by atoms with Gasteiger partial charge in [0, 0.05) is 12.1 Å². The summed E-state index contributed by atoms with van der Waals surface area (Å²) >= 11 is 0. The molecule has 7 heteroatoms. The summed E-state index contributed by atoms with van der Waals surface area (Å²) in [6.45, 7) is 1.08. The highest BCUT2D eigenvalue weighted by atomic mass is 16.6. The zero-order chi connectivity index (χ0) is 17.6. The van der Waals surface area contributed by atoms with Crippen molar-refractivity contribution in [2.24, 2.45) is 0 Å². The molecule has 1 aliphatic heterocycles. The molecule has 130 valence electrons. The molecule has 0 aliphatic carbocycles. The van der Waals surface area contributed by atoms with Crippen molar-refractivity contribution in [2.45, 2.75) is 18.8 Å². The number of esters is 1. The average molecular weight is 343 g/mol. The molecule has 3 rings (SSSR count). The zero-order valence-corrected chi connectivity index (χ0v) is 13.4. The number of benzene rings is 2. The van der Waals surface area contributed by atoms with E-state index in [1.807, 2.05) is 30.3 Å². The van der Waals surface area contributed by atoms with Crippen LogP contribution in [0.5, 0.6) is 0 Å². The third-order valence-electron chi connectivity index (χ3n) is 3.77. The number of hydrogen-bond acceptors (Lipinski definition) is 6. The third-order valence-corrected chi connectivity index (χ3v) is 3.77. The third kappa shape index (κ3) is 4.85. The molecule has 0 spiro atoms. The molecule has 25 heavy (non-hydrogen) atoms. The average Bonchev–Trinajstić information content (AvgIpc) is 3.39. The molecule has 2 aromatic carbocycles. The lowest BCUT2D eigenvalue weighted by Crippen LogP contribution is -2.13. The van der Waals surface area contributed by atoms with E-state index >= 15 is 0 Å². The highest BCUT2D eigenvalue weighted by Gasteiger charge is 2.40. The van der Waals surface area contributed by atoms with E-state index in [9.17, 15) is 14.9 Å². The van der Waals surface area contributed by atoms with Crippen molar-refractivity contribution in [3.63, 3.8) is 0 Å². The van der Waals surface area contributed by atoms with Crippen LogP contribution >= 0.6 is 0 Å². The molecule has 0 bridgehead atoms. The molecule has 0 amide bonds. The van der Waals surface area contributed by atoms with Crippen LogP contribution in [0.1, 0.15) is 15.9 Å². The summed E-state index contributed by atoms with van der Waals surface area (Å²) in [5, 5.41) is 10.6. The zero-order valence-electron chi connectivity index (χ0n) is 13.4. The lowest BCUT2D eigenvalue weighted by atomic mass is 10.2. The smallest absolute Gasteiger partial charge is 0.338 e. The van der Waals surface area contributed by atoms with Crippen LogP contribution in [0.25, 0.3) is 0 Å². The fraction of sp³-hybridized carbons (Fsp3) is 0.278. The van der Waals surface area contributed by atoms with Gasteiger partial charge in [-0.3, -0.25) is 10.1 Å². The highest BCUT2D eigenvalue weighted by molar-refractivity contribution is 5.89. The van der Waals surface area contributed by atoms with Crippen molar-refractivity contribution in [2.75, 3.05) is 13.2 Å². The second kappa shape index (κ2) is 7.87. The Kier molecular flexibility index (Phi) is 5.37. The molecule has 1 fully saturated rings. The first-order chi connectivity index (χ1) is 12.1. The Morgan fingerprint density at radius 3 is 2.40 bits per heavy atom. The Labute approximate surface area is 144 Å². The van der Waals surface area contributed by atoms with Gasteiger partial charge < -0.3 is 14.2 Å². The topological polar surface area (TPSA) is 91.2 Å². The Morgan fingerprint density at radius 1 is 1.04 bits per heavy atom. The molecule has 0 aromatic heterocycles. The summed E-state index contributed by atoms with van der Waals surface area (Å²) in [5.41, 5.74) is 1.28. The van der Waals surface area contributed by atoms with Crippen molar-refractivity contribution in [3.05, 3.63) is 75.8 Å². The molecule has 7 nitrogen and oxygen atoms in total. The summed E-state index contributed by atoms with van der Waals surface area (Å²) in [6, 6.07) is 15.1. The summed E-state index contributed by atoms with van der Waals surface area (Å²) < 4.78 is 16.1. The number of non-ortho nitro benzene ring substituents is 1. The number of nitro benzene ring substituents is 1. The van der Waals surface area contributed by atoms with E-state index in [1.54, 1.807) is 0 Å². The molecule has 2 aromatic rings. The van der Waals surface area contributed by atoms with Gasteiger partial charge in [0.05, 0.1) is 23.7 Å². The predicted molar refractivity (Wildman–Crippen MR) is 88.1 cm³/mol. The second-order valence-electron chi connectivity index (χ2n) is 5.62. The summed E-state index contributed by atoms with van der Waals surface area (Å²) in [7, 11) is 0. The molecule has 0 radical (unpaired) electrons. The largest absolute Gasteiger partial charge is 0.459 e. The van der Waals surface area contributed by atoms with Gasteiger partial charge in [-0.15, -0.1) is 0 Å². The van der Waals surface area contributed by atoms with Crippen molar-refractivity contribution in [3.8, 4) is 0 Å². The lowest BCUT2D eigenvalue weighted by molar-refractivity contribution is -0.384. The van der Waals surface area contributed by atoms with Crippen LogP contribution in [-0.4, -0.2) is 36.3 Å². The van der Waals surface area contributed by atoms with Crippen molar-refractivity contribution in [1.29, 1.82) is 0 Å². The van der Waals surface area contributed by atoms with Crippen LogP contribution in [0.4, 0.5) is 5.69 Å². The van der Waals surface area contributed by atoms with E-state index in [2.05, 4.69) is 0 Å². The minimum Gasteiger partial charge on any atom is -0.459 e. The van der Waals surface area contributed by atoms with Crippen LogP contribution in [0.3, 0.4) is 0 Å². The highest BCUT2D eigenvalue weighted by Crippen LogP contribution is 2.23. The molecular weight excluding hydrogens is 326 g/mol. The monoisotopic (exact) mass is 343 g/mol. The maximum Gasteiger partial charge on any atom is 0.338 e. The number of hydrogen-bond donors (Lipinski definition) is 0. The van der Waals surface area contributed by atoms with Gasteiger partial charge in [0.25, 0.3) is 5.69 Å². The van der Waals surface area contributed by atoms with Gasteiger partial charge in [-0.05, 0) is 17.7 Å². The summed E-state index contributed by atoms with van der Waals surface area (Å²) in [5.74, 6) is -0.533. The van der Waals surface area contributed by atoms with Crippen LogP contribution in [0.15, 0.2) is 54.6 Å². The first kappa shape index (κ1) is 17.1. The normalized spacial score (nSPS) is 18.6. The number of ether oxygens (including phenoxy) is 3. The summed E-state index contributed by atoms with van der Waals surface area (Å²) in [4.78, 5) is 21.9. The fourth-order valence-electron chi connectivity index (χ4n) is 2.30. The van der Waals surface area contributed by atoms with E-state index in [0.29, 0.717) is 13.2 Å². The predicted octanol–water partition coefficient (Wildman–Crippen LogP) is 2.74. The number of nitro groups is 1. The van der Waals surface area contributed by atoms with Gasteiger partial charge in [-0.2, -0.15) is 0 Å². The molecule has 0 unspecified atom stereocenters. The van der Waals surface area contributed by atoms with E-state index in [0.717, 1.165) is 5.56 Å². The molecule has 0 saturated carbocycles. The van der Waals surface area contributed by atoms with Gasteiger partial charge >= 0.3 is 5.97 Å². The van der Waals surface area contributed by atoms with Gasteiger partial charge in [0.15, 0.2) is 0 Å². The summed E-state index contributed by atoms with van der Waals surface area (Å²) in [6.07, 6.45) is -0.244. The standard InChI is InChI=1S/C18H17NO6/c20-18(14-6-8-15(9-7-14)19(21)22)24-12-17-16(25-17)11-23-10-13-4-2-1-3-5-13/h1-9,16-17H,10-12H2/t16-,17+/m0/s1. The van der Waals surface area contributed by atoms with E-state index < -0.39 is 10.9 Å². The SMILES string of the molecule is O=C(OC[C@H]1O[C@H]1COCc1ccccc1)c1ccc([N+](=O)[O-])cc1. The molecule has 1 saturated heterocycles. The van der Waals surface area contributed by atoms with Crippen molar-refractivity contribution >= 4 is 11.7 Å². The molecular formula is C18H17NO6. The van der Waals surface area contributed by atoms with Gasteiger partial charge in [0.1, 0.15) is 18.8 Å². The van der Waals surface area contributed by atoms with Crippen LogP contribution in [0, 0.1) is 10.1 Å². The molecule has 2 atom stereocenters. The minimum absolute atomic E-state index is 0.0716. The van der Waals surface area contributed by atoms with E-state index in [4.69, 9.17) is 14.2 Å². The minimum atomic E-state index is -0.533. The number of carbonyl (C=O) groups excluding carboxylic acids is 1. The Hall–Kier alpha value is -2.77. The molecule has 1 heterocycles. The number of carbonyl (C=O) groups is 1. The van der Waals surface area contributed by atoms with Gasteiger partial charge in [0.2, 0.25) is 0 Å². The van der Waals surface area contributed by atoms with Gasteiger partial charge in [-0.25, -0.2) is 4.79 Å². The van der Waals surface area contributed by atoms with Crippen LogP contribution in [0.2, 0.25) is 0 Å². The number of nitrogens with zero attached hydrogens (tertiary/aromatic N) is 1. The number of epoxide rings is 1. The molecule has 1 aliphatic rings. The maximum atomic E-state index is 11.9. The Balaban J connectivity index is 1.35. The van der Waals surface area contributed by atoms with Crippen LogP contribution in [-0.2, 0) is 20.8 Å². The molecule has 0 N–H and O–H groups in total. The number of rotatable bonds is 8. The second-order valence-corrected chi connectivity index (χ2v) is 5.62. The Bertz CT molecular complexity index is 731. The fourth-order valence-corrected chi connectivity index (χ4v) is 2.30. The Morgan fingerprint density at radius 2 is 1.72 bits per heavy atom. The first-order valence-corrected chi connectivity index (χ1v) is 7.82. The van der Waals surface area contributed by atoms with E-state index in [-0.39, 0.29) is 30.1 Å². The van der Waals surface area contributed by atoms with Crippen molar-refractivity contribution < 1.29 is 23.9 Å². The van der Waals surface area contributed by atoms with E-state index in [1.165, 1.54) is 24.3 Å².